The van der Waals surface area contributed by atoms with Crippen molar-refractivity contribution in [1.29, 1.82) is 0 Å². The molecule has 0 saturated carbocycles. The van der Waals surface area contributed by atoms with E-state index in [4.69, 9.17) is 9.73 Å². The molecule has 0 fully saturated rings. The Labute approximate surface area is 220 Å². The van der Waals surface area contributed by atoms with E-state index in [0.717, 1.165) is 34.7 Å². The van der Waals surface area contributed by atoms with Crippen molar-refractivity contribution in [2.75, 3.05) is 6.61 Å². The maximum atomic E-state index is 12.0. The summed E-state index contributed by atoms with van der Waals surface area (Å²) in [5, 5.41) is 2.16. The van der Waals surface area contributed by atoms with E-state index in [1.54, 1.807) is 30.4 Å². The number of hydrogen-bond acceptors (Lipinski definition) is 5. The molecule has 0 spiro atoms. The van der Waals surface area contributed by atoms with Crippen molar-refractivity contribution in [2.24, 2.45) is 4.99 Å². The first kappa shape index (κ1) is 24.4. The molecule has 5 nitrogen and oxygen atoms in total. The number of aryl methyl sites for hydroxylation is 1. The van der Waals surface area contributed by atoms with Gasteiger partial charge in [-0.15, -0.1) is 11.3 Å². The zero-order valence-corrected chi connectivity index (χ0v) is 21.4. The van der Waals surface area contributed by atoms with Crippen LogP contribution in [0.5, 0.6) is 0 Å². The number of thiazole rings is 1. The molecule has 0 unspecified atom stereocenters. The van der Waals surface area contributed by atoms with Gasteiger partial charge >= 0.3 is 5.97 Å². The lowest BCUT2D eigenvalue weighted by atomic mass is 10.0. The Morgan fingerprint density at radius 1 is 0.865 bits per heavy atom. The average molecular weight is 506 g/mol. The van der Waals surface area contributed by atoms with Gasteiger partial charge in [0.25, 0.3) is 0 Å². The number of rotatable bonds is 8. The third-order valence-electron chi connectivity index (χ3n) is 6.06. The van der Waals surface area contributed by atoms with E-state index in [1.807, 2.05) is 42.7 Å². The molecule has 2 aromatic heterocycles. The molecule has 0 aliphatic rings. The molecule has 0 bridgehead atoms. The minimum atomic E-state index is -0.321. The number of benzene rings is 3. The summed E-state index contributed by atoms with van der Waals surface area (Å²) >= 11 is 1.61. The Morgan fingerprint density at radius 3 is 2.24 bits per heavy atom. The first-order chi connectivity index (χ1) is 18.2. The van der Waals surface area contributed by atoms with Crippen LogP contribution in [0.3, 0.4) is 0 Å². The second kappa shape index (κ2) is 11.6. The summed E-state index contributed by atoms with van der Waals surface area (Å²) in [5.74, 6) is -0.321. The maximum absolute atomic E-state index is 12.0. The van der Waals surface area contributed by atoms with Crippen molar-refractivity contribution in [2.45, 2.75) is 19.9 Å². The SMILES string of the molecule is CCOC(=O)c1ccc(N=c2scc(-c3ccc(-c4ccccc4)cc3)n2CCc2ccncc2)cc1. The molecule has 5 rings (SSSR count). The van der Waals surface area contributed by atoms with Gasteiger partial charge in [0.15, 0.2) is 4.80 Å². The van der Waals surface area contributed by atoms with Gasteiger partial charge in [0.1, 0.15) is 0 Å². The van der Waals surface area contributed by atoms with Crippen molar-refractivity contribution >= 4 is 23.0 Å². The van der Waals surface area contributed by atoms with Gasteiger partial charge in [-0.3, -0.25) is 4.98 Å². The highest BCUT2D eigenvalue weighted by Crippen LogP contribution is 2.26. The highest BCUT2D eigenvalue weighted by Gasteiger charge is 2.10. The first-order valence-electron chi connectivity index (χ1n) is 12.3. The summed E-state index contributed by atoms with van der Waals surface area (Å²) in [5.41, 5.74) is 7.20. The second-order valence-corrected chi connectivity index (χ2v) is 9.32. The lowest BCUT2D eigenvalue weighted by Gasteiger charge is -2.10. The summed E-state index contributed by atoms with van der Waals surface area (Å²) in [6.45, 7) is 2.94. The van der Waals surface area contributed by atoms with E-state index >= 15 is 0 Å². The number of esters is 1. The molecule has 6 heteroatoms. The van der Waals surface area contributed by atoms with Gasteiger partial charge in [-0.25, -0.2) is 9.79 Å². The molecular weight excluding hydrogens is 478 g/mol. The van der Waals surface area contributed by atoms with Crippen molar-refractivity contribution in [1.82, 2.24) is 9.55 Å². The van der Waals surface area contributed by atoms with Crippen molar-refractivity contribution < 1.29 is 9.53 Å². The zero-order chi connectivity index (χ0) is 25.5. The van der Waals surface area contributed by atoms with E-state index in [9.17, 15) is 4.79 Å². The van der Waals surface area contributed by atoms with Crippen LogP contribution in [-0.4, -0.2) is 22.1 Å². The molecule has 0 amide bonds. The van der Waals surface area contributed by atoms with Crippen LogP contribution in [0.4, 0.5) is 5.69 Å². The number of pyridine rings is 1. The molecule has 5 aromatic rings. The van der Waals surface area contributed by atoms with Crippen LogP contribution >= 0.6 is 11.3 Å². The Bertz CT molecular complexity index is 1520. The lowest BCUT2D eigenvalue weighted by molar-refractivity contribution is 0.0526. The Kier molecular flexibility index (Phi) is 7.67. The van der Waals surface area contributed by atoms with Gasteiger partial charge < -0.3 is 9.30 Å². The zero-order valence-electron chi connectivity index (χ0n) is 20.6. The van der Waals surface area contributed by atoms with Gasteiger partial charge in [0.05, 0.1) is 23.6 Å². The molecule has 0 N–H and O–H groups in total. The molecular formula is C31H27N3O2S. The van der Waals surface area contributed by atoms with E-state index in [0.29, 0.717) is 12.2 Å². The topological polar surface area (TPSA) is 56.5 Å². The van der Waals surface area contributed by atoms with Gasteiger partial charge in [-0.05, 0) is 72.0 Å². The van der Waals surface area contributed by atoms with Crippen LogP contribution in [-0.2, 0) is 17.7 Å². The fourth-order valence-electron chi connectivity index (χ4n) is 4.12. The number of aromatic nitrogens is 2. The van der Waals surface area contributed by atoms with Crippen LogP contribution in [0.1, 0.15) is 22.8 Å². The fraction of sp³-hybridized carbons (Fsp3) is 0.129. The minimum absolute atomic E-state index is 0.321. The molecule has 0 saturated heterocycles. The van der Waals surface area contributed by atoms with Crippen LogP contribution < -0.4 is 4.80 Å². The highest BCUT2D eigenvalue weighted by atomic mass is 32.1. The van der Waals surface area contributed by atoms with Crippen LogP contribution in [0.25, 0.3) is 22.4 Å². The largest absolute Gasteiger partial charge is 0.462 e. The monoisotopic (exact) mass is 505 g/mol. The Morgan fingerprint density at radius 2 is 1.54 bits per heavy atom. The van der Waals surface area contributed by atoms with Crippen molar-refractivity contribution in [3.63, 3.8) is 0 Å². The van der Waals surface area contributed by atoms with Gasteiger partial charge in [-0.1, -0.05) is 54.6 Å². The molecule has 184 valence electrons. The van der Waals surface area contributed by atoms with E-state index < -0.39 is 0 Å². The van der Waals surface area contributed by atoms with E-state index in [2.05, 4.69) is 63.5 Å². The van der Waals surface area contributed by atoms with Crippen molar-refractivity contribution in [3.05, 3.63) is 125 Å². The summed E-state index contributed by atoms with van der Waals surface area (Å²) < 4.78 is 7.36. The van der Waals surface area contributed by atoms with Crippen molar-refractivity contribution in [3.8, 4) is 22.4 Å². The van der Waals surface area contributed by atoms with Crippen LogP contribution in [0.15, 0.2) is 114 Å². The molecule has 2 heterocycles. The summed E-state index contributed by atoms with van der Waals surface area (Å²) in [6.07, 6.45) is 4.52. The highest BCUT2D eigenvalue weighted by molar-refractivity contribution is 7.07. The van der Waals surface area contributed by atoms with Gasteiger partial charge in [0.2, 0.25) is 0 Å². The smallest absolute Gasteiger partial charge is 0.338 e. The third-order valence-corrected chi connectivity index (χ3v) is 6.93. The summed E-state index contributed by atoms with van der Waals surface area (Å²) in [6, 6.07) is 30.4. The predicted molar refractivity (Wildman–Crippen MR) is 149 cm³/mol. The summed E-state index contributed by atoms with van der Waals surface area (Å²) in [7, 11) is 0. The van der Waals surface area contributed by atoms with Gasteiger partial charge in [-0.2, -0.15) is 0 Å². The van der Waals surface area contributed by atoms with E-state index in [1.165, 1.54) is 16.7 Å². The number of hydrogen-bond donors (Lipinski definition) is 0. The molecule has 0 atom stereocenters. The second-order valence-electron chi connectivity index (χ2n) is 8.48. The Balaban J connectivity index is 1.49. The van der Waals surface area contributed by atoms with Gasteiger partial charge in [0, 0.05) is 24.3 Å². The minimum Gasteiger partial charge on any atom is -0.462 e. The lowest BCUT2D eigenvalue weighted by Crippen LogP contribution is -2.17. The quantitative estimate of drug-likeness (QED) is 0.215. The standard InChI is InChI=1S/C31H27N3O2S/c1-2-36-30(35)27-12-14-28(15-13-27)33-31-34(21-18-23-16-19-32-20-17-23)29(22-37-31)26-10-8-25(9-11-26)24-6-4-3-5-7-24/h3-17,19-20,22H,2,18,21H2,1H3. The summed E-state index contributed by atoms with van der Waals surface area (Å²) in [4.78, 5) is 22.0. The molecule has 0 aliphatic carbocycles. The number of nitrogens with zero attached hydrogens (tertiary/aromatic N) is 3. The average Bonchev–Trinajstić information content (AvgIpc) is 3.35. The van der Waals surface area contributed by atoms with Crippen LogP contribution in [0.2, 0.25) is 0 Å². The first-order valence-corrected chi connectivity index (χ1v) is 13.1. The number of carbonyl (C=O) groups is 1. The molecule has 0 aliphatic heterocycles. The number of carbonyl (C=O) groups excluding carboxylic acids is 1. The number of ether oxygens (including phenoxy) is 1. The van der Waals surface area contributed by atoms with Crippen LogP contribution in [0, 0.1) is 0 Å². The fourth-order valence-corrected chi connectivity index (χ4v) is 5.07. The van der Waals surface area contributed by atoms with E-state index in [-0.39, 0.29) is 5.97 Å². The molecule has 0 radical (unpaired) electrons. The normalized spacial score (nSPS) is 11.4. The maximum Gasteiger partial charge on any atom is 0.338 e. The predicted octanol–water partition coefficient (Wildman–Crippen LogP) is 6.93. The molecule has 3 aromatic carbocycles. The Hall–Kier alpha value is -4.29. The molecule has 37 heavy (non-hydrogen) atoms. The third kappa shape index (κ3) is 5.93.